The maximum absolute atomic E-state index is 13.2. The predicted molar refractivity (Wildman–Crippen MR) is 127 cm³/mol. The molecule has 1 aliphatic rings. The summed E-state index contributed by atoms with van der Waals surface area (Å²) in [7, 11) is 0. The Bertz CT molecular complexity index is 1020. The molecule has 0 spiro atoms. The smallest absolute Gasteiger partial charge is 0.351 e. The van der Waals surface area contributed by atoms with Crippen LogP contribution < -0.4 is 10.6 Å². The van der Waals surface area contributed by atoms with Gasteiger partial charge in [-0.05, 0) is 67.3 Å². The molecule has 2 N–H and O–H groups in total. The third-order valence-electron chi connectivity index (χ3n) is 6.25. The summed E-state index contributed by atoms with van der Waals surface area (Å²) in [6.45, 7) is 0.00445. The van der Waals surface area contributed by atoms with Crippen molar-refractivity contribution in [3.05, 3.63) is 68.7 Å². The Hall–Kier alpha value is -1.97. The molecule has 0 aliphatic heterocycles. The largest absolute Gasteiger partial charge is 0.416 e. The minimum Gasteiger partial charge on any atom is -0.351 e. The molecule has 0 radical (unpaired) electrons. The van der Waals surface area contributed by atoms with Gasteiger partial charge in [0.2, 0.25) is 5.91 Å². The van der Waals surface area contributed by atoms with Crippen molar-refractivity contribution < 1.29 is 31.1 Å². The van der Waals surface area contributed by atoms with Crippen LogP contribution in [0.25, 0.3) is 0 Å². The first kappa shape index (κ1) is 28.6. The van der Waals surface area contributed by atoms with E-state index in [-0.39, 0.29) is 16.7 Å². The number of benzene rings is 2. The van der Waals surface area contributed by atoms with Crippen molar-refractivity contribution in [2.75, 3.05) is 6.54 Å². The minimum absolute atomic E-state index is 0.0563. The summed E-state index contributed by atoms with van der Waals surface area (Å²) in [6, 6.07) is 6.33. The summed E-state index contributed by atoms with van der Waals surface area (Å²) >= 11 is 12.1. The molecule has 1 fully saturated rings. The topological polar surface area (TPSA) is 41.1 Å². The number of amides is 1. The van der Waals surface area contributed by atoms with E-state index in [1.807, 2.05) is 0 Å². The predicted octanol–water partition coefficient (Wildman–Crippen LogP) is 7.74. The van der Waals surface area contributed by atoms with E-state index in [1.54, 1.807) is 12.1 Å². The Morgan fingerprint density at radius 1 is 0.889 bits per heavy atom. The van der Waals surface area contributed by atoms with Gasteiger partial charge in [0.25, 0.3) is 0 Å². The van der Waals surface area contributed by atoms with E-state index in [0.717, 1.165) is 25.7 Å². The fraction of sp³-hybridized carbons (Fsp3) is 0.480. The third kappa shape index (κ3) is 8.02. The van der Waals surface area contributed by atoms with Gasteiger partial charge in [0, 0.05) is 12.6 Å². The van der Waals surface area contributed by atoms with E-state index in [0.29, 0.717) is 41.7 Å². The van der Waals surface area contributed by atoms with E-state index >= 15 is 0 Å². The second-order valence-corrected chi connectivity index (χ2v) is 9.75. The number of hydrogen-bond donors (Lipinski definition) is 2. The van der Waals surface area contributed by atoms with Crippen molar-refractivity contribution in [2.24, 2.45) is 0 Å². The molecular formula is C25H26Cl2F6N2O. The van der Waals surface area contributed by atoms with Crippen LogP contribution in [0.15, 0.2) is 36.4 Å². The van der Waals surface area contributed by atoms with Gasteiger partial charge in [0.05, 0.1) is 27.1 Å². The van der Waals surface area contributed by atoms with Crippen molar-refractivity contribution in [3.63, 3.8) is 0 Å². The lowest BCUT2D eigenvalue weighted by Crippen LogP contribution is -2.35. The summed E-state index contributed by atoms with van der Waals surface area (Å²) in [5.41, 5.74) is -2.62. The monoisotopic (exact) mass is 554 g/mol. The number of halogens is 8. The van der Waals surface area contributed by atoms with Gasteiger partial charge in [0.1, 0.15) is 0 Å². The first-order valence-electron chi connectivity index (χ1n) is 11.6. The number of carbonyl (C=O) groups is 1. The number of alkyl halides is 6. The first-order chi connectivity index (χ1) is 16.8. The quantitative estimate of drug-likeness (QED) is 0.327. The van der Waals surface area contributed by atoms with Gasteiger partial charge in [-0.3, -0.25) is 4.79 Å². The lowest BCUT2D eigenvalue weighted by atomic mass is 9.93. The second kappa shape index (κ2) is 12.0. The first-order valence-corrected chi connectivity index (χ1v) is 12.3. The van der Waals surface area contributed by atoms with Gasteiger partial charge < -0.3 is 10.6 Å². The zero-order valence-corrected chi connectivity index (χ0v) is 20.7. The van der Waals surface area contributed by atoms with Gasteiger partial charge in [-0.15, -0.1) is 0 Å². The van der Waals surface area contributed by atoms with Gasteiger partial charge in [-0.2, -0.15) is 26.3 Å². The van der Waals surface area contributed by atoms with Crippen molar-refractivity contribution in [1.29, 1.82) is 0 Å². The van der Waals surface area contributed by atoms with Crippen molar-refractivity contribution in [1.82, 2.24) is 10.6 Å². The van der Waals surface area contributed by atoms with Crippen molar-refractivity contribution in [2.45, 2.75) is 69.4 Å². The highest BCUT2D eigenvalue weighted by atomic mass is 35.5. The van der Waals surface area contributed by atoms with Gasteiger partial charge in [0.15, 0.2) is 0 Å². The van der Waals surface area contributed by atoms with Crippen LogP contribution in [0.5, 0.6) is 0 Å². The molecule has 198 valence electrons. The van der Waals surface area contributed by atoms with Crippen LogP contribution in [-0.4, -0.2) is 18.5 Å². The van der Waals surface area contributed by atoms with Crippen LogP contribution in [0, 0.1) is 0 Å². The molecule has 1 amide bonds. The summed E-state index contributed by atoms with van der Waals surface area (Å²) in [5, 5.41) is 6.47. The van der Waals surface area contributed by atoms with Gasteiger partial charge in [-0.25, -0.2) is 0 Å². The fourth-order valence-corrected chi connectivity index (χ4v) is 4.66. The molecule has 36 heavy (non-hydrogen) atoms. The molecule has 3 nitrogen and oxygen atoms in total. The summed E-state index contributed by atoms with van der Waals surface area (Å²) in [6.07, 6.45) is -4.03. The molecule has 1 aliphatic carbocycles. The molecule has 1 saturated carbocycles. The van der Waals surface area contributed by atoms with Crippen LogP contribution in [0.1, 0.15) is 66.7 Å². The lowest BCUT2D eigenvalue weighted by molar-refractivity contribution is -0.143. The number of nitrogens with one attached hydrogen (secondary N) is 2. The Balaban J connectivity index is 1.76. The molecule has 1 atom stereocenters. The zero-order chi connectivity index (χ0) is 26.5. The van der Waals surface area contributed by atoms with Crippen LogP contribution in [-0.2, 0) is 23.7 Å². The number of rotatable bonds is 8. The molecular weight excluding hydrogens is 529 g/mol. The highest BCUT2D eigenvalue weighted by molar-refractivity contribution is 6.42. The summed E-state index contributed by atoms with van der Waals surface area (Å²) in [5.74, 6) is -1.27. The van der Waals surface area contributed by atoms with E-state index in [1.165, 1.54) is 12.5 Å². The van der Waals surface area contributed by atoms with E-state index in [2.05, 4.69) is 10.6 Å². The summed E-state index contributed by atoms with van der Waals surface area (Å²) < 4.78 is 79.0. The van der Waals surface area contributed by atoms with Crippen LogP contribution in [0.2, 0.25) is 10.0 Å². The molecule has 11 heteroatoms. The number of hydrogen-bond acceptors (Lipinski definition) is 2. The maximum Gasteiger partial charge on any atom is 0.416 e. The van der Waals surface area contributed by atoms with Crippen molar-refractivity contribution in [3.8, 4) is 0 Å². The average molecular weight is 555 g/mol. The maximum atomic E-state index is 13.2. The average Bonchev–Trinajstić information content (AvgIpc) is 2.81. The van der Waals surface area contributed by atoms with Gasteiger partial charge >= 0.3 is 12.4 Å². The Morgan fingerprint density at radius 2 is 1.50 bits per heavy atom. The normalized spacial score (nSPS) is 16.1. The summed E-state index contributed by atoms with van der Waals surface area (Å²) in [4.78, 5) is 13.1. The molecule has 2 aromatic carbocycles. The Morgan fingerprint density at radius 3 is 2.06 bits per heavy atom. The lowest BCUT2D eigenvalue weighted by Gasteiger charge is -2.24. The molecule has 0 aromatic heterocycles. The van der Waals surface area contributed by atoms with Crippen LogP contribution in [0.4, 0.5) is 26.3 Å². The standard InChI is InChI=1S/C25H26Cl2F6N2O/c26-21-7-6-16(12-22(21)27)20(8-9-34-19-4-2-1-3-5-19)23(36)35-14-15-10-17(24(28,29)30)13-18(11-15)25(31,32)33/h6-7,10-13,19-20,34H,1-5,8-9,14H2,(H,35,36). The Labute approximate surface area is 215 Å². The molecule has 0 bridgehead atoms. The SMILES string of the molecule is O=C(NCc1cc(C(F)(F)F)cc(C(F)(F)F)c1)C(CCNC1CCCCC1)c1ccc(Cl)c(Cl)c1. The van der Waals surface area contributed by atoms with Crippen molar-refractivity contribution >= 4 is 29.1 Å². The molecule has 2 aromatic rings. The van der Waals surface area contributed by atoms with E-state index < -0.39 is 41.8 Å². The molecule has 3 rings (SSSR count). The zero-order valence-electron chi connectivity index (χ0n) is 19.2. The molecule has 0 saturated heterocycles. The fourth-order valence-electron chi connectivity index (χ4n) is 4.35. The highest BCUT2D eigenvalue weighted by Crippen LogP contribution is 2.36. The van der Waals surface area contributed by atoms with E-state index in [9.17, 15) is 31.1 Å². The van der Waals surface area contributed by atoms with E-state index in [4.69, 9.17) is 23.2 Å². The highest BCUT2D eigenvalue weighted by Gasteiger charge is 2.37. The number of carbonyl (C=O) groups excluding carboxylic acids is 1. The van der Waals surface area contributed by atoms with Gasteiger partial charge in [-0.1, -0.05) is 48.5 Å². The van der Waals surface area contributed by atoms with Crippen LogP contribution in [0.3, 0.4) is 0 Å². The molecule has 0 heterocycles. The minimum atomic E-state index is -4.96. The third-order valence-corrected chi connectivity index (χ3v) is 6.99. The Kier molecular flexibility index (Phi) is 9.57. The second-order valence-electron chi connectivity index (χ2n) is 8.94. The molecule has 1 unspecified atom stereocenters. The van der Waals surface area contributed by atoms with Crippen LogP contribution >= 0.6 is 23.2 Å².